The number of carbonyl (C=O) groups is 2. The molecule has 0 bridgehead atoms. The van der Waals surface area contributed by atoms with Crippen molar-refractivity contribution < 1.29 is 14.7 Å². The SMILES string of the molecule is CC(C)(C(=O)N1CCC[C@H]1C(=O)O)C1CCCNC1. The van der Waals surface area contributed by atoms with Gasteiger partial charge in [-0.25, -0.2) is 4.79 Å². The summed E-state index contributed by atoms with van der Waals surface area (Å²) >= 11 is 0. The maximum absolute atomic E-state index is 12.7. The van der Waals surface area contributed by atoms with Gasteiger partial charge in [0, 0.05) is 12.0 Å². The highest BCUT2D eigenvalue weighted by molar-refractivity contribution is 5.87. The molecule has 2 aliphatic rings. The van der Waals surface area contributed by atoms with E-state index in [0.717, 1.165) is 32.4 Å². The highest BCUT2D eigenvalue weighted by atomic mass is 16.4. The van der Waals surface area contributed by atoms with Crippen LogP contribution in [0, 0.1) is 11.3 Å². The number of nitrogens with one attached hydrogen (secondary N) is 1. The molecule has 2 aliphatic heterocycles. The van der Waals surface area contributed by atoms with Crippen LogP contribution in [0.2, 0.25) is 0 Å². The number of aliphatic carboxylic acids is 1. The van der Waals surface area contributed by atoms with Crippen molar-refractivity contribution in [3.63, 3.8) is 0 Å². The van der Waals surface area contributed by atoms with Crippen molar-refractivity contribution in [3.05, 3.63) is 0 Å². The average Bonchev–Trinajstić information content (AvgIpc) is 2.88. The topological polar surface area (TPSA) is 69.6 Å². The number of piperidine rings is 1. The Kier molecular flexibility index (Phi) is 4.13. The average molecular weight is 268 g/mol. The fraction of sp³-hybridized carbons (Fsp3) is 0.857. The fourth-order valence-corrected chi connectivity index (χ4v) is 3.28. The molecule has 0 aromatic heterocycles. The van der Waals surface area contributed by atoms with Crippen LogP contribution in [0.4, 0.5) is 0 Å². The van der Waals surface area contributed by atoms with E-state index in [1.165, 1.54) is 0 Å². The standard InChI is InChI=1S/C14H24N2O3/c1-14(2,10-5-3-7-15-9-10)13(19)16-8-4-6-11(16)12(17)18/h10-11,15H,3-9H2,1-2H3,(H,17,18)/t10?,11-/m0/s1. The maximum Gasteiger partial charge on any atom is 0.326 e. The Bertz CT molecular complexity index is 362. The van der Waals surface area contributed by atoms with Crippen LogP contribution in [0.5, 0.6) is 0 Å². The fourth-order valence-electron chi connectivity index (χ4n) is 3.28. The molecule has 1 unspecified atom stereocenters. The molecule has 0 aromatic carbocycles. The minimum absolute atomic E-state index is 0.00565. The monoisotopic (exact) mass is 268 g/mol. The molecule has 0 radical (unpaired) electrons. The second-order valence-electron chi connectivity index (χ2n) is 6.26. The lowest BCUT2D eigenvalue weighted by Crippen LogP contribution is -2.51. The molecule has 108 valence electrons. The molecular formula is C14H24N2O3. The van der Waals surface area contributed by atoms with Crippen molar-refractivity contribution in [3.8, 4) is 0 Å². The number of hydrogen-bond donors (Lipinski definition) is 2. The second kappa shape index (κ2) is 5.49. The van der Waals surface area contributed by atoms with E-state index >= 15 is 0 Å². The molecule has 1 amide bonds. The van der Waals surface area contributed by atoms with Crippen LogP contribution < -0.4 is 5.32 Å². The van der Waals surface area contributed by atoms with Gasteiger partial charge in [0.05, 0.1) is 0 Å². The molecule has 0 aromatic rings. The van der Waals surface area contributed by atoms with Crippen LogP contribution in [0.15, 0.2) is 0 Å². The molecule has 2 rings (SSSR count). The molecule has 2 saturated heterocycles. The number of likely N-dealkylation sites (tertiary alicyclic amines) is 1. The zero-order valence-corrected chi connectivity index (χ0v) is 11.8. The van der Waals surface area contributed by atoms with E-state index in [-0.39, 0.29) is 5.91 Å². The van der Waals surface area contributed by atoms with Gasteiger partial charge in [-0.15, -0.1) is 0 Å². The third kappa shape index (κ3) is 2.76. The van der Waals surface area contributed by atoms with Crippen LogP contribution in [0.1, 0.15) is 39.5 Å². The summed E-state index contributed by atoms with van der Waals surface area (Å²) in [6.45, 7) is 6.38. The number of carbonyl (C=O) groups excluding carboxylic acids is 1. The van der Waals surface area contributed by atoms with Gasteiger partial charge < -0.3 is 15.3 Å². The van der Waals surface area contributed by atoms with Gasteiger partial charge in [-0.05, 0) is 44.7 Å². The summed E-state index contributed by atoms with van der Waals surface area (Å²) in [5.41, 5.74) is -0.481. The summed E-state index contributed by atoms with van der Waals surface area (Å²) in [6, 6.07) is -0.622. The highest BCUT2D eigenvalue weighted by Gasteiger charge is 2.44. The Morgan fingerprint density at radius 2 is 2.00 bits per heavy atom. The van der Waals surface area contributed by atoms with Crippen molar-refractivity contribution in [1.29, 1.82) is 0 Å². The lowest BCUT2D eigenvalue weighted by Gasteiger charge is -2.39. The summed E-state index contributed by atoms with van der Waals surface area (Å²) in [5.74, 6) is -0.571. The normalized spacial score (nSPS) is 28.4. The first-order valence-corrected chi connectivity index (χ1v) is 7.19. The minimum Gasteiger partial charge on any atom is -0.480 e. The predicted octanol–water partition coefficient (Wildman–Crippen LogP) is 1.09. The Morgan fingerprint density at radius 1 is 1.26 bits per heavy atom. The van der Waals surface area contributed by atoms with Crippen molar-refractivity contribution >= 4 is 11.9 Å². The third-order valence-corrected chi connectivity index (χ3v) is 4.67. The van der Waals surface area contributed by atoms with Gasteiger partial charge in [0.2, 0.25) is 5.91 Å². The van der Waals surface area contributed by atoms with Crippen molar-refractivity contribution in [2.75, 3.05) is 19.6 Å². The van der Waals surface area contributed by atoms with Crippen molar-refractivity contribution in [2.24, 2.45) is 11.3 Å². The number of carboxylic acid groups (broad SMARTS) is 1. The van der Waals surface area contributed by atoms with Crippen LogP contribution in [-0.4, -0.2) is 47.6 Å². The van der Waals surface area contributed by atoms with Gasteiger partial charge in [-0.3, -0.25) is 4.79 Å². The third-order valence-electron chi connectivity index (χ3n) is 4.67. The molecule has 0 saturated carbocycles. The van der Waals surface area contributed by atoms with Crippen LogP contribution in [-0.2, 0) is 9.59 Å². The van der Waals surface area contributed by atoms with E-state index in [0.29, 0.717) is 18.9 Å². The van der Waals surface area contributed by atoms with Crippen LogP contribution in [0.3, 0.4) is 0 Å². The summed E-state index contributed by atoms with van der Waals surface area (Å²) < 4.78 is 0. The smallest absolute Gasteiger partial charge is 0.326 e. The molecule has 5 nitrogen and oxygen atoms in total. The molecule has 19 heavy (non-hydrogen) atoms. The van der Waals surface area contributed by atoms with E-state index in [4.69, 9.17) is 0 Å². The van der Waals surface area contributed by atoms with Crippen molar-refractivity contribution in [1.82, 2.24) is 10.2 Å². The first-order chi connectivity index (χ1) is 8.94. The van der Waals surface area contributed by atoms with Gasteiger partial charge in [-0.1, -0.05) is 13.8 Å². The van der Waals surface area contributed by atoms with Crippen LogP contribution in [0.25, 0.3) is 0 Å². The van der Waals surface area contributed by atoms with E-state index < -0.39 is 17.4 Å². The number of rotatable bonds is 3. The second-order valence-corrected chi connectivity index (χ2v) is 6.26. The summed E-state index contributed by atoms with van der Waals surface area (Å²) in [4.78, 5) is 25.5. The number of amides is 1. The molecule has 0 spiro atoms. The van der Waals surface area contributed by atoms with Crippen LogP contribution >= 0.6 is 0 Å². The zero-order valence-electron chi connectivity index (χ0n) is 11.8. The van der Waals surface area contributed by atoms with E-state index in [1.807, 2.05) is 13.8 Å². The van der Waals surface area contributed by atoms with Gasteiger partial charge in [0.15, 0.2) is 0 Å². The quantitative estimate of drug-likeness (QED) is 0.804. The maximum atomic E-state index is 12.7. The lowest BCUT2D eigenvalue weighted by atomic mass is 9.74. The highest BCUT2D eigenvalue weighted by Crippen LogP contribution is 2.35. The molecule has 2 atom stereocenters. The lowest BCUT2D eigenvalue weighted by molar-refractivity contribution is -0.154. The molecular weight excluding hydrogens is 244 g/mol. The Balaban J connectivity index is 2.10. The first-order valence-electron chi connectivity index (χ1n) is 7.19. The van der Waals surface area contributed by atoms with Gasteiger partial charge >= 0.3 is 5.97 Å². The number of hydrogen-bond acceptors (Lipinski definition) is 3. The summed E-state index contributed by atoms with van der Waals surface area (Å²) in [7, 11) is 0. The largest absolute Gasteiger partial charge is 0.480 e. The van der Waals surface area contributed by atoms with E-state index in [9.17, 15) is 14.7 Å². The Labute approximate surface area is 114 Å². The summed E-state index contributed by atoms with van der Waals surface area (Å²) in [6.07, 6.45) is 3.50. The Hall–Kier alpha value is -1.10. The van der Waals surface area contributed by atoms with Gasteiger partial charge in [-0.2, -0.15) is 0 Å². The van der Waals surface area contributed by atoms with Gasteiger partial charge in [0.25, 0.3) is 0 Å². The predicted molar refractivity (Wildman–Crippen MR) is 71.7 cm³/mol. The molecule has 2 N–H and O–H groups in total. The first kappa shape index (κ1) is 14.3. The number of nitrogens with zero attached hydrogens (tertiary/aromatic N) is 1. The minimum atomic E-state index is -0.872. The molecule has 2 heterocycles. The van der Waals surface area contributed by atoms with E-state index in [1.54, 1.807) is 4.90 Å². The van der Waals surface area contributed by atoms with Crippen molar-refractivity contribution in [2.45, 2.75) is 45.6 Å². The Morgan fingerprint density at radius 3 is 2.58 bits per heavy atom. The van der Waals surface area contributed by atoms with E-state index in [2.05, 4.69) is 5.32 Å². The molecule has 5 heteroatoms. The number of carboxylic acids is 1. The zero-order chi connectivity index (χ0) is 14.0. The summed E-state index contributed by atoms with van der Waals surface area (Å²) in [5, 5.41) is 12.5. The molecule has 2 fully saturated rings. The molecule has 0 aliphatic carbocycles. The van der Waals surface area contributed by atoms with Gasteiger partial charge in [0.1, 0.15) is 6.04 Å².